The molecule has 0 aromatic heterocycles. The molecule has 0 saturated heterocycles. The molecule has 0 aliphatic carbocycles. The first-order chi connectivity index (χ1) is 14.4. The molecule has 3 nitrogen and oxygen atoms in total. The lowest BCUT2D eigenvalue weighted by Crippen LogP contribution is -2.42. The Morgan fingerprint density at radius 1 is 0.900 bits per heavy atom. The predicted molar refractivity (Wildman–Crippen MR) is 121 cm³/mol. The fraction of sp³-hybridized carbons (Fsp3) is 0.333. The zero-order valence-electron chi connectivity index (χ0n) is 18.3. The van der Waals surface area contributed by atoms with Crippen molar-refractivity contribution in [2.24, 2.45) is 0 Å². The van der Waals surface area contributed by atoms with Gasteiger partial charge in [-0.2, -0.15) is 0 Å². The maximum atomic E-state index is 10.4. The molecule has 1 heterocycles. The van der Waals surface area contributed by atoms with E-state index in [1.807, 2.05) is 39.0 Å². The molecule has 0 fully saturated rings. The number of benzene rings is 3. The zero-order valence-corrected chi connectivity index (χ0v) is 18.3. The molecule has 0 saturated carbocycles. The Kier molecular flexibility index (Phi) is 5.46. The highest BCUT2D eigenvalue weighted by atomic mass is 16.5. The van der Waals surface area contributed by atoms with Gasteiger partial charge >= 0.3 is 0 Å². The third-order valence-corrected chi connectivity index (χ3v) is 6.31. The third-order valence-electron chi connectivity index (χ3n) is 6.31. The van der Waals surface area contributed by atoms with Gasteiger partial charge in [-0.15, -0.1) is 0 Å². The minimum atomic E-state index is -0.393. The summed E-state index contributed by atoms with van der Waals surface area (Å²) in [5.41, 5.74) is 6.15. The minimum Gasteiger partial charge on any atom is -0.507 e. The van der Waals surface area contributed by atoms with Crippen molar-refractivity contribution in [1.29, 1.82) is 0 Å². The van der Waals surface area contributed by atoms with Crippen LogP contribution in [0.4, 0.5) is 0 Å². The Balaban J connectivity index is 1.43. The molecule has 0 bridgehead atoms. The first-order valence-electron chi connectivity index (χ1n) is 10.6. The third kappa shape index (κ3) is 4.02. The van der Waals surface area contributed by atoms with Crippen LogP contribution in [0, 0.1) is 20.8 Å². The second kappa shape index (κ2) is 8.06. The molecule has 3 aromatic rings. The SMILES string of the molecule is Cc1c(C)c2c(c(C)c1O)CCC(C)(COc1ccc(Cc3ccccc3)cc1)O2. The average molecular weight is 403 g/mol. The number of aromatic hydroxyl groups is 1. The molecular formula is C27H30O3. The van der Waals surface area contributed by atoms with Gasteiger partial charge in [-0.1, -0.05) is 42.5 Å². The molecule has 1 aliphatic heterocycles. The highest BCUT2D eigenvalue weighted by molar-refractivity contribution is 5.58. The molecule has 1 N–H and O–H groups in total. The summed E-state index contributed by atoms with van der Waals surface area (Å²) in [6, 6.07) is 18.8. The van der Waals surface area contributed by atoms with E-state index in [0.29, 0.717) is 12.4 Å². The van der Waals surface area contributed by atoms with Crippen LogP contribution in [0.1, 0.15) is 46.7 Å². The molecule has 1 unspecified atom stereocenters. The van der Waals surface area contributed by atoms with Crippen LogP contribution >= 0.6 is 0 Å². The maximum Gasteiger partial charge on any atom is 0.140 e. The van der Waals surface area contributed by atoms with E-state index in [9.17, 15) is 5.11 Å². The number of hydrogen-bond acceptors (Lipinski definition) is 3. The van der Waals surface area contributed by atoms with Crippen LogP contribution in [0.15, 0.2) is 54.6 Å². The van der Waals surface area contributed by atoms with Crippen molar-refractivity contribution >= 4 is 0 Å². The van der Waals surface area contributed by atoms with Crippen molar-refractivity contribution in [3.05, 3.63) is 88.0 Å². The van der Waals surface area contributed by atoms with Crippen molar-refractivity contribution in [1.82, 2.24) is 0 Å². The van der Waals surface area contributed by atoms with Gasteiger partial charge in [0, 0.05) is 5.56 Å². The standard InChI is InChI=1S/C27H30O3/c1-18-19(2)26-24(20(3)25(18)28)14-15-27(4,30-26)17-29-23-12-10-22(11-13-23)16-21-8-6-5-7-9-21/h5-13,28H,14-17H2,1-4H3. The molecule has 3 aromatic carbocycles. The fourth-order valence-corrected chi connectivity index (χ4v) is 4.17. The first-order valence-corrected chi connectivity index (χ1v) is 10.6. The van der Waals surface area contributed by atoms with Crippen LogP contribution in [0.2, 0.25) is 0 Å². The summed E-state index contributed by atoms with van der Waals surface area (Å²) < 4.78 is 12.6. The van der Waals surface area contributed by atoms with Crippen LogP contribution in [0.5, 0.6) is 17.2 Å². The van der Waals surface area contributed by atoms with Crippen molar-refractivity contribution in [3.63, 3.8) is 0 Å². The number of phenolic OH excluding ortho intramolecular Hbond substituents is 1. The van der Waals surface area contributed by atoms with E-state index in [0.717, 1.165) is 53.0 Å². The molecule has 0 spiro atoms. The lowest BCUT2D eigenvalue weighted by Gasteiger charge is -2.37. The second-order valence-electron chi connectivity index (χ2n) is 8.68. The lowest BCUT2D eigenvalue weighted by atomic mass is 9.87. The number of rotatable bonds is 5. The van der Waals surface area contributed by atoms with Crippen molar-refractivity contribution < 1.29 is 14.6 Å². The lowest BCUT2D eigenvalue weighted by molar-refractivity contribution is 0.0166. The molecule has 156 valence electrons. The quantitative estimate of drug-likeness (QED) is 0.563. The van der Waals surface area contributed by atoms with Crippen LogP contribution in [0.25, 0.3) is 0 Å². The Hall–Kier alpha value is -2.94. The van der Waals surface area contributed by atoms with Crippen molar-refractivity contribution in [2.75, 3.05) is 6.61 Å². The van der Waals surface area contributed by atoms with Gasteiger partial charge in [0.1, 0.15) is 29.5 Å². The Morgan fingerprint density at radius 2 is 1.57 bits per heavy atom. The van der Waals surface area contributed by atoms with E-state index in [4.69, 9.17) is 9.47 Å². The molecular weight excluding hydrogens is 372 g/mol. The number of ether oxygens (including phenoxy) is 2. The normalized spacial score (nSPS) is 17.9. The topological polar surface area (TPSA) is 38.7 Å². The summed E-state index contributed by atoms with van der Waals surface area (Å²) in [4.78, 5) is 0. The number of phenols is 1. The van der Waals surface area contributed by atoms with Gasteiger partial charge in [0.05, 0.1) is 0 Å². The Morgan fingerprint density at radius 3 is 2.27 bits per heavy atom. The Labute approximate surface area is 179 Å². The van der Waals surface area contributed by atoms with Gasteiger partial charge in [0.2, 0.25) is 0 Å². The van der Waals surface area contributed by atoms with Gasteiger partial charge in [0.15, 0.2) is 0 Å². The summed E-state index contributed by atoms with van der Waals surface area (Å²) in [7, 11) is 0. The monoisotopic (exact) mass is 402 g/mol. The summed E-state index contributed by atoms with van der Waals surface area (Å²) in [5, 5.41) is 10.4. The number of hydrogen-bond donors (Lipinski definition) is 1. The molecule has 4 rings (SSSR count). The van der Waals surface area contributed by atoms with E-state index < -0.39 is 5.60 Å². The van der Waals surface area contributed by atoms with Crippen molar-refractivity contribution in [2.45, 2.75) is 52.6 Å². The summed E-state index contributed by atoms with van der Waals surface area (Å²) in [6.07, 6.45) is 2.66. The summed E-state index contributed by atoms with van der Waals surface area (Å²) >= 11 is 0. The van der Waals surface area contributed by atoms with E-state index >= 15 is 0 Å². The largest absolute Gasteiger partial charge is 0.507 e. The molecule has 30 heavy (non-hydrogen) atoms. The average Bonchev–Trinajstić information content (AvgIpc) is 2.76. The van der Waals surface area contributed by atoms with Gasteiger partial charge in [-0.3, -0.25) is 0 Å². The maximum absolute atomic E-state index is 10.4. The predicted octanol–water partition coefficient (Wildman–Crippen LogP) is 6.07. The van der Waals surface area contributed by atoms with Crippen LogP contribution in [0.3, 0.4) is 0 Å². The Bertz CT molecular complexity index is 1040. The van der Waals surface area contributed by atoms with E-state index in [1.165, 1.54) is 11.1 Å². The van der Waals surface area contributed by atoms with E-state index in [1.54, 1.807) is 0 Å². The molecule has 0 radical (unpaired) electrons. The first kappa shape index (κ1) is 20.3. The smallest absolute Gasteiger partial charge is 0.140 e. The summed E-state index contributed by atoms with van der Waals surface area (Å²) in [5.74, 6) is 2.17. The van der Waals surface area contributed by atoms with Gasteiger partial charge in [-0.25, -0.2) is 0 Å². The molecule has 1 aliphatic rings. The van der Waals surface area contributed by atoms with Gasteiger partial charge in [0.25, 0.3) is 0 Å². The summed E-state index contributed by atoms with van der Waals surface area (Å²) in [6.45, 7) is 8.53. The van der Waals surface area contributed by atoms with Crippen molar-refractivity contribution in [3.8, 4) is 17.2 Å². The zero-order chi connectivity index (χ0) is 21.3. The van der Waals surface area contributed by atoms with Crippen LogP contribution in [-0.4, -0.2) is 17.3 Å². The second-order valence-corrected chi connectivity index (χ2v) is 8.68. The fourth-order valence-electron chi connectivity index (χ4n) is 4.17. The van der Waals surface area contributed by atoms with E-state index in [2.05, 4.69) is 43.3 Å². The van der Waals surface area contributed by atoms with Crippen LogP contribution in [-0.2, 0) is 12.8 Å². The molecule has 3 heteroatoms. The van der Waals surface area contributed by atoms with Gasteiger partial charge in [-0.05, 0) is 86.9 Å². The van der Waals surface area contributed by atoms with Gasteiger partial charge < -0.3 is 14.6 Å². The molecule has 0 amide bonds. The molecule has 1 atom stereocenters. The van der Waals surface area contributed by atoms with E-state index in [-0.39, 0.29) is 0 Å². The number of fused-ring (bicyclic) bond motifs is 1. The highest BCUT2D eigenvalue weighted by Gasteiger charge is 2.35. The highest BCUT2D eigenvalue weighted by Crippen LogP contribution is 2.43. The minimum absolute atomic E-state index is 0.393. The van der Waals surface area contributed by atoms with Crippen LogP contribution < -0.4 is 9.47 Å².